The number of nitrogens with one attached hydrogen (secondary N) is 1. The average Bonchev–Trinajstić information content (AvgIpc) is 2.41. The van der Waals surface area contributed by atoms with E-state index in [1.807, 2.05) is 11.6 Å². The predicted molar refractivity (Wildman–Crippen MR) is 63.4 cm³/mol. The van der Waals surface area contributed by atoms with Crippen LogP contribution in [0.2, 0.25) is 0 Å². The molecule has 0 unspecified atom stereocenters. The zero-order valence-corrected chi connectivity index (χ0v) is 10.4. The molecule has 0 aliphatic heterocycles. The van der Waals surface area contributed by atoms with Crippen LogP contribution in [0.4, 0.5) is 0 Å². The fourth-order valence-corrected chi connectivity index (χ4v) is 1.93. The molecule has 1 aromatic heterocycles. The van der Waals surface area contributed by atoms with Crippen molar-refractivity contribution in [1.82, 2.24) is 9.78 Å². The van der Waals surface area contributed by atoms with Crippen LogP contribution in [0.15, 0.2) is 4.79 Å². The summed E-state index contributed by atoms with van der Waals surface area (Å²) >= 11 is 0. The maximum absolute atomic E-state index is 11.7. The van der Waals surface area contributed by atoms with Gasteiger partial charge in [-0.05, 0) is 32.6 Å². The van der Waals surface area contributed by atoms with Crippen LogP contribution in [-0.4, -0.2) is 9.78 Å². The summed E-state index contributed by atoms with van der Waals surface area (Å²) in [5.74, 6) is 0.579. The van der Waals surface area contributed by atoms with Crippen molar-refractivity contribution >= 4 is 0 Å². The Morgan fingerprint density at radius 1 is 1.27 bits per heavy atom. The van der Waals surface area contributed by atoms with Crippen molar-refractivity contribution in [1.29, 1.82) is 0 Å². The van der Waals surface area contributed by atoms with Crippen LogP contribution >= 0.6 is 0 Å². The number of aromatic amines is 1. The second kappa shape index (κ2) is 4.69. The molecule has 0 fully saturated rings. The summed E-state index contributed by atoms with van der Waals surface area (Å²) in [4.78, 5) is 11.7. The number of aromatic nitrogens is 2. The molecule has 0 radical (unpaired) electrons. The van der Waals surface area contributed by atoms with Gasteiger partial charge >= 0.3 is 0 Å². The van der Waals surface area contributed by atoms with E-state index in [0.29, 0.717) is 12.0 Å². The van der Waals surface area contributed by atoms with Gasteiger partial charge in [0.25, 0.3) is 5.56 Å². The largest absolute Gasteiger partial charge is 0.286 e. The van der Waals surface area contributed by atoms with Crippen molar-refractivity contribution in [3.8, 4) is 0 Å². The molecule has 15 heavy (non-hydrogen) atoms. The van der Waals surface area contributed by atoms with Gasteiger partial charge in [-0.15, -0.1) is 0 Å². The van der Waals surface area contributed by atoms with Crippen molar-refractivity contribution < 1.29 is 0 Å². The molecule has 0 aromatic carbocycles. The Morgan fingerprint density at radius 3 is 2.27 bits per heavy atom. The van der Waals surface area contributed by atoms with Crippen LogP contribution in [0.1, 0.15) is 51.9 Å². The first-order valence-corrected chi connectivity index (χ1v) is 5.79. The van der Waals surface area contributed by atoms with Gasteiger partial charge in [-0.1, -0.05) is 20.8 Å². The van der Waals surface area contributed by atoms with Crippen molar-refractivity contribution in [3.05, 3.63) is 21.6 Å². The normalized spacial score (nSPS) is 11.7. The summed E-state index contributed by atoms with van der Waals surface area (Å²) in [6, 6.07) is 0.326. The number of nitrogens with zero attached hydrogens (tertiary/aromatic N) is 1. The molecular formula is C12H22N2O. The molecule has 3 nitrogen and oxygen atoms in total. The maximum Gasteiger partial charge on any atom is 0.267 e. The standard InChI is InChI=1S/C12H22N2O/c1-6-10-11(7-8(2)3)14(9(4)5)13-12(10)15/h8-9H,6-7H2,1-5H3,(H,13,15). The molecule has 0 aliphatic carbocycles. The predicted octanol–water partition coefficient (Wildman–Crippen LogP) is 2.52. The smallest absolute Gasteiger partial charge is 0.267 e. The summed E-state index contributed by atoms with van der Waals surface area (Å²) in [7, 11) is 0. The summed E-state index contributed by atoms with van der Waals surface area (Å²) in [5, 5.41) is 2.93. The molecule has 3 heteroatoms. The lowest BCUT2D eigenvalue weighted by Gasteiger charge is -2.14. The lowest BCUT2D eigenvalue weighted by atomic mass is 10.0. The second-order valence-electron chi connectivity index (χ2n) is 4.78. The van der Waals surface area contributed by atoms with Gasteiger partial charge in [-0.3, -0.25) is 14.6 Å². The fraction of sp³-hybridized carbons (Fsp3) is 0.750. The monoisotopic (exact) mass is 210 g/mol. The summed E-state index contributed by atoms with van der Waals surface area (Å²) in [6.07, 6.45) is 1.79. The zero-order chi connectivity index (χ0) is 11.6. The van der Waals surface area contributed by atoms with Crippen LogP contribution in [0.5, 0.6) is 0 Å². The molecule has 0 saturated heterocycles. The second-order valence-corrected chi connectivity index (χ2v) is 4.78. The van der Waals surface area contributed by atoms with Crippen molar-refractivity contribution in [2.45, 2.75) is 53.5 Å². The Hall–Kier alpha value is -0.990. The Kier molecular flexibility index (Phi) is 3.77. The highest BCUT2D eigenvalue weighted by Crippen LogP contribution is 2.15. The van der Waals surface area contributed by atoms with E-state index in [2.05, 4.69) is 32.8 Å². The molecule has 86 valence electrons. The Bertz CT molecular complexity index is 371. The number of H-pyrrole nitrogens is 1. The minimum absolute atomic E-state index is 0.0850. The molecule has 0 spiro atoms. The van der Waals surface area contributed by atoms with E-state index < -0.39 is 0 Å². The van der Waals surface area contributed by atoms with Crippen molar-refractivity contribution in [3.63, 3.8) is 0 Å². The molecule has 0 atom stereocenters. The number of rotatable bonds is 4. The minimum atomic E-state index is 0.0850. The molecule has 1 N–H and O–H groups in total. The fourth-order valence-electron chi connectivity index (χ4n) is 1.93. The van der Waals surface area contributed by atoms with Gasteiger partial charge in [0.2, 0.25) is 0 Å². The van der Waals surface area contributed by atoms with E-state index in [9.17, 15) is 4.79 Å². The Labute approximate surface area is 91.5 Å². The molecule has 0 saturated carbocycles. The highest BCUT2D eigenvalue weighted by molar-refractivity contribution is 5.19. The van der Waals surface area contributed by atoms with Crippen molar-refractivity contribution in [2.75, 3.05) is 0 Å². The average molecular weight is 210 g/mol. The van der Waals surface area contributed by atoms with Crippen LogP contribution in [-0.2, 0) is 12.8 Å². The highest BCUT2D eigenvalue weighted by atomic mass is 16.1. The van der Waals surface area contributed by atoms with Crippen LogP contribution in [0.25, 0.3) is 0 Å². The summed E-state index contributed by atoms with van der Waals surface area (Å²) in [5.41, 5.74) is 2.23. The third-order valence-corrected chi connectivity index (χ3v) is 2.61. The van der Waals surface area contributed by atoms with Crippen LogP contribution in [0.3, 0.4) is 0 Å². The molecule has 1 aromatic rings. The van der Waals surface area contributed by atoms with E-state index in [1.54, 1.807) is 0 Å². The molecule has 0 bridgehead atoms. The van der Waals surface area contributed by atoms with Gasteiger partial charge in [0.15, 0.2) is 0 Å². The third kappa shape index (κ3) is 2.52. The summed E-state index contributed by atoms with van der Waals surface area (Å²) in [6.45, 7) is 10.6. The topological polar surface area (TPSA) is 37.8 Å². The first kappa shape index (κ1) is 12.1. The van der Waals surface area contributed by atoms with E-state index >= 15 is 0 Å². The molecular weight excluding hydrogens is 188 g/mol. The molecule has 1 heterocycles. The molecule has 0 aliphatic rings. The summed E-state index contributed by atoms with van der Waals surface area (Å²) < 4.78 is 2.02. The first-order chi connectivity index (χ1) is 6.97. The van der Waals surface area contributed by atoms with Gasteiger partial charge in [0, 0.05) is 17.3 Å². The third-order valence-electron chi connectivity index (χ3n) is 2.61. The number of hydrogen-bond donors (Lipinski definition) is 1. The zero-order valence-electron chi connectivity index (χ0n) is 10.4. The maximum atomic E-state index is 11.7. The molecule has 1 rings (SSSR count). The van der Waals surface area contributed by atoms with E-state index in [4.69, 9.17) is 0 Å². The van der Waals surface area contributed by atoms with Gasteiger partial charge in [-0.25, -0.2) is 0 Å². The number of hydrogen-bond acceptors (Lipinski definition) is 1. The van der Waals surface area contributed by atoms with Gasteiger partial charge in [0.1, 0.15) is 0 Å². The quantitative estimate of drug-likeness (QED) is 0.814. The van der Waals surface area contributed by atoms with Gasteiger partial charge in [-0.2, -0.15) is 0 Å². The van der Waals surface area contributed by atoms with Crippen LogP contribution < -0.4 is 5.56 Å². The van der Waals surface area contributed by atoms with E-state index in [-0.39, 0.29) is 5.56 Å². The minimum Gasteiger partial charge on any atom is -0.286 e. The Balaban J connectivity index is 3.22. The first-order valence-electron chi connectivity index (χ1n) is 5.79. The Morgan fingerprint density at radius 2 is 1.87 bits per heavy atom. The van der Waals surface area contributed by atoms with E-state index in [0.717, 1.165) is 18.4 Å². The van der Waals surface area contributed by atoms with Gasteiger partial charge in [0.05, 0.1) is 0 Å². The lowest BCUT2D eigenvalue weighted by molar-refractivity contribution is 0.485. The van der Waals surface area contributed by atoms with Crippen LogP contribution in [0, 0.1) is 5.92 Å². The molecule has 0 amide bonds. The van der Waals surface area contributed by atoms with Gasteiger partial charge < -0.3 is 0 Å². The van der Waals surface area contributed by atoms with Crippen molar-refractivity contribution in [2.24, 2.45) is 5.92 Å². The highest BCUT2D eigenvalue weighted by Gasteiger charge is 2.15. The SMILES string of the molecule is CCc1c(CC(C)C)n(C(C)C)[nH]c1=O. The lowest BCUT2D eigenvalue weighted by Crippen LogP contribution is -2.11. The van der Waals surface area contributed by atoms with E-state index in [1.165, 1.54) is 5.69 Å².